The first-order valence-corrected chi connectivity index (χ1v) is 7.47. The molecule has 0 spiro atoms. The molecule has 2 unspecified atom stereocenters. The minimum Gasteiger partial charge on any atom is -0.370 e. The summed E-state index contributed by atoms with van der Waals surface area (Å²) in [7, 11) is 2.13. The van der Waals surface area contributed by atoms with Gasteiger partial charge >= 0.3 is 0 Å². The lowest BCUT2D eigenvalue weighted by molar-refractivity contribution is 0.241. The monoisotopic (exact) mass is 321 g/mol. The standard InChI is InChI=1S/C15H20BrN3/c1-12-9-18(2)15(7-8-17)11-19(10-12)14-5-3-13(16)4-6-14/h3-6,12,15H,7,9-11H2,1-2H3. The molecule has 19 heavy (non-hydrogen) atoms. The highest BCUT2D eigenvalue weighted by molar-refractivity contribution is 9.10. The van der Waals surface area contributed by atoms with Crippen molar-refractivity contribution >= 4 is 21.6 Å². The van der Waals surface area contributed by atoms with Crippen molar-refractivity contribution in [3.63, 3.8) is 0 Å². The maximum absolute atomic E-state index is 8.99. The highest BCUT2D eigenvalue weighted by Crippen LogP contribution is 2.23. The molecule has 1 aliphatic rings. The van der Waals surface area contributed by atoms with E-state index >= 15 is 0 Å². The van der Waals surface area contributed by atoms with Gasteiger partial charge in [-0.05, 0) is 37.2 Å². The summed E-state index contributed by atoms with van der Waals surface area (Å²) in [6, 6.07) is 11.1. The summed E-state index contributed by atoms with van der Waals surface area (Å²) in [6.07, 6.45) is 0.594. The summed E-state index contributed by atoms with van der Waals surface area (Å²) in [5.41, 5.74) is 1.24. The molecule has 1 aromatic rings. The van der Waals surface area contributed by atoms with E-state index < -0.39 is 0 Å². The number of nitriles is 1. The van der Waals surface area contributed by atoms with Gasteiger partial charge in [0.2, 0.25) is 0 Å². The first-order valence-electron chi connectivity index (χ1n) is 6.68. The van der Waals surface area contributed by atoms with Crippen LogP contribution in [0, 0.1) is 17.2 Å². The minimum absolute atomic E-state index is 0.318. The lowest BCUT2D eigenvalue weighted by Gasteiger charge is -2.28. The van der Waals surface area contributed by atoms with Crippen molar-refractivity contribution in [2.75, 3.05) is 31.6 Å². The Balaban J connectivity index is 2.19. The fourth-order valence-corrected chi connectivity index (χ4v) is 3.00. The fraction of sp³-hybridized carbons (Fsp3) is 0.533. The zero-order valence-corrected chi connectivity index (χ0v) is 13.1. The predicted molar refractivity (Wildman–Crippen MR) is 82.2 cm³/mol. The zero-order chi connectivity index (χ0) is 13.8. The van der Waals surface area contributed by atoms with E-state index in [4.69, 9.17) is 5.26 Å². The smallest absolute Gasteiger partial charge is 0.0638 e. The summed E-state index contributed by atoms with van der Waals surface area (Å²) >= 11 is 3.47. The molecule has 0 amide bonds. The number of nitrogens with zero attached hydrogens (tertiary/aromatic N) is 3. The summed E-state index contributed by atoms with van der Waals surface area (Å²) < 4.78 is 1.10. The Morgan fingerprint density at radius 1 is 1.26 bits per heavy atom. The maximum atomic E-state index is 8.99. The van der Waals surface area contributed by atoms with Crippen LogP contribution in [0.25, 0.3) is 0 Å². The molecule has 1 saturated heterocycles. The van der Waals surface area contributed by atoms with E-state index in [0.29, 0.717) is 18.4 Å². The van der Waals surface area contributed by atoms with Crippen molar-refractivity contribution in [1.82, 2.24) is 4.90 Å². The maximum Gasteiger partial charge on any atom is 0.0638 e. The van der Waals surface area contributed by atoms with Gasteiger partial charge in [0.25, 0.3) is 0 Å². The van der Waals surface area contributed by atoms with Gasteiger partial charge in [0.1, 0.15) is 0 Å². The van der Waals surface area contributed by atoms with Crippen molar-refractivity contribution < 1.29 is 0 Å². The summed E-state index contributed by atoms with van der Waals surface area (Å²) in [5, 5.41) is 8.99. The van der Waals surface area contributed by atoms with E-state index in [9.17, 15) is 0 Å². The van der Waals surface area contributed by atoms with E-state index in [0.717, 1.165) is 24.1 Å². The number of anilines is 1. The van der Waals surface area contributed by atoms with Crippen LogP contribution in [0.2, 0.25) is 0 Å². The van der Waals surface area contributed by atoms with E-state index in [1.807, 2.05) is 0 Å². The van der Waals surface area contributed by atoms with Crippen molar-refractivity contribution in [3.8, 4) is 6.07 Å². The lowest BCUT2D eigenvalue weighted by Crippen LogP contribution is -2.38. The summed E-state index contributed by atoms with van der Waals surface area (Å²) in [4.78, 5) is 4.73. The Labute approximate surface area is 123 Å². The topological polar surface area (TPSA) is 30.3 Å². The molecule has 102 valence electrons. The van der Waals surface area contributed by atoms with E-state index in [1.165, 1.54) is 5.69 Å². The van der Waals surface area contributed by atoms with Crippen molar-refractivity contribution in [1.29, 1.82) is 5.26 Å². The van der Waals surface area contributed by atoms with Crippen LogP contribution in [0.1, 0.15) is 13.3 Å². The Bertz CT molecular complexity index is 451. The fourth-order valence-electron chi connectivity index (χ4n) is 2.73. The molecule has 1 aliphatic heterocycles. The van der Waals surface area contributed by atoms with Gasteiger partial charge in [0, 0.05) is 35.8 Å². The van der Waals surface area contributed by atoms with Crippen LogP contribution in [-0.4, -0.2) is 37.6 Å². The number of benzene rings is 1. The van der Waals surface area contributed by atoms with E-state index in [2.05, 4.69) is 70.0 Å². The van der Waals surface area contributed by atoms with Gasteiger partial charge in [-0.25, -0.2) is 0 Å². The molecule has 0 saturated carbocycles. The van der Waals surface area contributed by atoms with Gasteiger partial charge in [0.05, 0.1) is 12.5 Å². The Hall–Kier alpha value is -1.05. The normalized spacial score (nSPS) is 24.8. The third-order valence-electron chi connectivity index (χ3n) is 3.70. The number of halogens is 1. The summed E-state index contributed by atoms with van der Waals surface area (Å²) in [5.74, 6) is 0.609. The van der Waals surface area contributed by atoms with Crippen molar-refractivity contribution in [2.24, 2.45) is 5.92 Å². The van der Waals surface area contributed by atoms with Gasteiger partial charge in [-0.15, -0.1) is 0 Å². The molecule has 3 nitrogen and oxygen atoms in total. The average molecular weight is 322 g/mol. The second kappa shape index (κ2) is 6.40. The zero-order valence-electron chi connectivity index (χ0n) is 11.5. The molecule has 2 rings (SSSR count). The molecule has 0 bridgehead atoms. The van der Waals surface area contributed by atoms with Gasteiger partial charge < -0.3 is 9.80 Å². The van der Waals surface area contributed by atoms with E-state index in [1.54, 1.807) is 0 Å². The van der Waals surface area contributed by atoms with Crippen LogP contribution in [-0.2, 0) is 0 Å². The summed E-state index contributed by atoms with van der Waals surface area (Å²) in [6.45, 7) is 5.31. The van der Waals surface area contributed by atoms with Gasteiger partial charge in [-0.2, -0.15) is 5.26 Å². The van der Waals surface area contributed by atoms with Gasteiger partial charge in [0.15, 0.2) is 0 Å². The molecule has 0 aliphatic carbocycles. The lowest BCUT2D eigenvalue weighted by atomic mass is 10.1. The molecule has 2 atom stereocenters. The van der Waals surface area contributed by atoms with Crippen LogP contribution in [0.15, 0.2) is 28.7 Å². The average Bonchev–Trinajstić information content (AvgIpc) is 2.50. The third kappa shape index (κ3) is 3.71. The van der Waals surface area contributed by atoms with Crippen LogP contribution >= 0.6 is 15.9 Å². The molecule has 4 heteroatoms. The molecule has 1 aromatic carbocycles. The van der Waals surface area contributed by atoms with Crippen LogP contribution < -0.4 is 4.90 Å². The van der Waals surface area contributed by atoms with Gasteiger partial charge in [-0.3, -0.25) is 0 Å². The number of rotatable bonds is 2. The highest BCUT2D eigenvalue weighted by Gasteiger charge is 2.25. The highest BCUT2D eigenvalue weighted by atomic mass is 79.9. The second-order valence-electron chi connectivity index (χ2n) is 5.44. The van der Waals surface area contributed by atoms with Crippen LogP contribution in [0.5, 0.6) is 0 Å². The largest absolute Gasteiger partial charge is 0.370 e. The second-order valence-corrected chi connectivity index (χ2v) is 6.36. The Morgan fingerprint density at radius 2 is 1.95 bits per heavy atom. The van der Waals surface area contributed by atoms with Crippen LogP contribution in [0.3, 0.4) is 0 Å². The molecule has 0 N–H and O–H groups in total. The Kier molecular flexibility index (Phi) is 4.84. The third-order valence-corrected chi connectivity index (χ3v) is 4.23. The predicted octanol–water partition coefficient (Wildman–Crippen LogP) is 3.12. The number of hydrogen-bond acceptors (Lipinski definition) is 3. The van der Waals surface area contributed by atoms with Crippen LogP contribution in [0.4, 0.5) is 5.69 Å². The number of likely N-dealkylation sites (N-methyl/N-ethyl adjacent to an activating group) is 1. The molecule has 1 fully saturated rings. The van der Waals surface area contributed by atoms with Crippen molar-refractivity contribution in [3.05, 3.63) is 28.7 Å². The number of hydrogen-bond donors (Lipinski definition) is 0. The quantitative estimate of drug-likeness (QED) is 0.838. The van der Waals surface area contributed by atoms with E-state index in [-0.39, 0.29) is 0 Å². The SMILES string of the molecule is CC1CN(c2ccc(Br)cc2)CC(CC#N)N(C)C1. The molecule has 1 heterocycles. The first kappa shape index (κ1) is 14.4. The first-order chi connectivity index (χ1) is 9.10. The van der Waals surface area contributed by atoms with Crippen molar-refractivity contribution in [2.45, 2.75) is 19.4 Å². The minimum atomic E-state index is 0.318. The van der Waals surface area contributed by atoms with Gasteiger partial charge in [-0.1, -0.05) is 22.9 Å². The molecular weight excluding hydrogens is 302 g/mol. The molecule has 0 radical (unpaired) electrons. The Morgan fingerprint density at radius 3 is 2.58 bits per heavy atom. The molecule has 0 aromatic heterocycles. The molecular formula is C15H20BrN3.